The molecule has 2 aliphatic rings. The van der Waals surface area contributed by atoms with Gasteiger partial charge in [-0.25, -0.2) is 0 Å². The van der Waals surface area contributed by atoms with E-state index in [0.29, 0.717) is 0 Å². The van der Waals surface area contributed by atoms with Crippen LogP contribution in [0.25, 0.3) is 0 Å². The van der Waals surface area contributed by atoms with Crippen molar-refractivity contribution in [2.45, 2.75) is 39.5 Å². The summed E-state index contributed by atoms with van der Waals surface area (Å²) in [6, 6.07) is 0. The van der Waals surface area contributed by atoms with Crippen molar-refractivity contribution in [2.24, 2.45) is 23.7 Å². The van der Waals surface area contributed by atoms with E-state index in [2.05, 4.69) is 19.2 Å². The first-order valence-electron chi connectivity index (χ1n) is 5.98. The normalized spacial score (nSPS) is 46.6. The highest BCUT2D eigenvalue weighted by Crippen LogP contribution is 2.39. The van der Waals surface area contributed by atoms with E-state index in [1.807, 2.05) is 0 Å². The Morgan fingerprint density at radius 3 is 2.54 bits per heavy atom. The second-order valence-corrected chi connectivity index (χ2v) is 5.31. The van der Waals surface area contributed by atoms with E-state index in [0.717, 1.165) is 23.7 Å². The highest BCUT2D eigenvalue weighted by atomic mass is 14.9. The van der Waals surface area contributed by atoms with Crippen molar-refractivity contribution in [3.8, 4) is 0 Å². The second-order valence-electron chi connectivity index (χ2n) is 5.31. The molecule has 0 aromatic heterocycles. The van der Waals surface area contributed by atoms with Crippen LogP contribution in [-0.2, 0) is 0 Å². The summed E-state index contributed by atoms with van der Waals surface area (Å²) in [6.07, 6.45) is 5.88. The van der Waals surface area contributed by atoms with Gasteiger partial charge in [-0.2, -0.15) is 0 Å². The Balaban J connectivity index is 1.91. The van der Waals surface area contributed by atoms with Crippen LogP contribution in [0.3, 0.4) is 0 Å². The van der Waals surface area contributed by atoms with Crippen molar-refractivity contribution in [1.82, 2.24) is 5.32 Å². The standard InChI is InChI=1S/C12H23N/c1-9-3-4-12(10(2)7-9)11-5-6-13-8-11/h9-13H,3-8H2,1-2H3. The summed E-state index contributed by atoms with van der Waals surface area (Å²) in [6.45, 7) is 7.45. The van der Waals surface area contributed by atoms with Crippen molar-refractivity contribution in [3.05, 3.63) is 0 Å². The van der Waals surface area contributed by atoms with Crippen molar-refractivity contribution in [1.29, 1.82) is 0 Å². The van der Waals surface area contributed by atoms with Crippen LogP contribution in [0.2, 0.25) is 0 Å². The van der Waals surface area contributed by atoms with Crippen LogP contribution in [0.15, 0.2) is 0 Å². The third-order valence-corrected chi connectivity index (χ3v) is 4.20. The molecule has 2 fully saturated rings. The molecule has 0 radical (unpaired) electrons. The van der Waals surface area contributed by atoms with Crippen molar-refractivity contribution in [2.75, 3.05) is 13.1 Å². The fourth-order valence-electron chi connectivity index (χ4n) is 3.43. The van der Waals surface area contributed by atoms with Gasteiger partial charge in [-0.15, -0.1) is 0 Å². The quantitative estimate of drug-likeness (QED) is 0.656. The van der Waals surface area contributed by atoms with Gasteiger partial charge in [-0.1, -0.05) is 20.3 Å². The molecular weight excluding hydrogens is 158 g/mol. The monoisotopic (exact) mass is 181 g/mol. The van der Waals surface area contributed by atoms with Crippen molar-refractivity contribution >= 4 is 0 Å². The summed E-state index contributed by atoms with van der Waals surface area (Å²) < 4.78 is 0. The molecule has 76 valence electrons. The number of hydrogen-bond acceptors (Lipinski definition) is 1. The summed E-state index contributed by atoms with van der Waals surface area (Å²) in [4.78, 5) is 0. The Kier molecular flexibility index (Phi) is 2.92. The van der Waals surface area contributed by atoms with Gasteiger partial charge in [0, 0.05) is 0 Å². The van der Waals surface area contributed by atoms with E-state index in [1.54, 1.807) is 0 Å². The van der Waals surface area contributed by atoms with Gasteiger partial charge in [0.05, 0.1) is 0 Å². The molecule has 0 amide bonds. The fraction of sp³-hybridized carbons (Fsp3) is 1.00. The largest absolute Gasteiger partial charge is 0.316 e. The van der Waals surface area contributed by atoms with Crippen LogP contribution in [0.1, 0.15) is 39.5 Å². The zero-order chi connectivity index (χ0) is 9.26. The molecule has 1 heterocycles. The molecule has 1 N–H and O–H groups in total. The third kappa shape index (κ3) is 2.07. The average Bonchev–Trinajstić information content (AvgIpc) is 2.56. The maximum atomic E-state index is 3.50. The van der Waals surface area contributed by atoms with Crippen LogP contribution in [0, 0.1) is 23.7 Å². The first-order chi connectivity index (χ1) is 6.27. The maximum Gasteiger partial charge on any atom is -0.00173 e. The van der Waals surface area contributed by atoms with E-state index in [-0.39, 0.29) is 0 Å². The van der Waals surface area contributed by atoms with Gasteiger partial charge in [0.1, 0.15) is 0 Å². The van der Waals surface area contributed by atoms with Crippen LogP contribution in [0.4, 0.5) is 0 Å². The van der Waals surface area contributed by atoms with E-state index in [1.165, 1.54) is 38.8 Å². The molecule has 0 aromatic rings. The molecule has 1 saturated carbocycles. The van der Waals surface area contributed by atoms with E-state index >= 15 is 0 Å². The molecule has 0 spiro atoms. The van der Waals surface area contributed by atoms with Gasteiger partial charge < -0.3 is 5.32 Å². The Morgan fingerprint density at radius 2 is 1.92 bits per heavy atom. The van der Waals surface area contributed by atoms with Crippen LogP contribution in [-0.4, -0.2) is 13.1 Å². The summed E-state index contributed by atoms with van der Waals surface area (Å²) in [5.41, 5.74) is 0. The summed E-state index contributed by atoms with van der Waals surface area (Å²) in [5, 5.41) is 3.50. The first kappa shape index (κ1) is 9.51. The highest BCUT2D eigenvalue weighted by Gasteiger charge is 2.32. The van der Waals surface area contributed by atoms with Crippen LogP contribution < -0.4 is 5.32 Å². The minimum atomic E-state index is 0.980. The lowest BCUT2D eigenvalue weighted by atomic mass is 9.70. The van der Waals surface area contributed by atoms with E-state index in [4.69, 9.17) is 0 Å². The molecule has 1 heteroatoms. The highest BCUT2D eigenvalue weighted by molar-refractivity contribution is 4.85. The summed E-state index contributed by atoms with van der Waals surface area (Å²) in [5.74, 6) is 4.00. The zero-order valence-corrected chi connectivity index (χ0v) is 9.05. The van der Waals surface area contributed by atoms with E-state index < -0.39 is 0 Å². The van der Waals surface area contributed by atoms with Gasteiger partial charge in [-0.05, 0) is 56.0 Å². The Bertz CT molecular complexity index is 161. The number of rotatable bonds is 1. The van der Waals surface area contributed by atoms with Crippen molar-refractivity contribution < 1.29 is 0 Å². The zero-order valence-electron chi connectivity index (χ0n) is 9.05. The molecule has 1 aliphatic heterocycles. The Labute approximate surface area is 82.3 Å². The van der Waals surface area contributed by atoms with Crippen molar-refractivity contribution in [3.63, 3.8) is 0 Å². The van der Waals surface area contributed by atoms with Crippen LogP contribution in [0.5, 0.6) is 0 Å². The lowest BCUT2D eigenvalue weighted by Crippen LogP contribution is -2.29. The van der Waals surface area contributed by atoms with Gasteiger partial charge in [0.25, 0.3) is 0 Å². The molecule has 1 aliphatic carbocycles. The molecule has 2 rings (SSSR count). The lowest BCUT2D eigenvalue weighted by Gasteiger charge is -2.36. The molecule has 4 unspecified atom stereocenters. The predicted molar refractivity (Wildman–Crippen MR) is 56.6 cm³/mol. The molecule has 0 bridgehead atoms. The van der Waals surface area contributed by atoms with Gasteiger partial charge in [0.15, 0.2) is 0 Å². The summed E-state index contributed by atoms with van der Waals surface area (Å²) in [7, 11) is 0. The van der Waals surface area contributed by atoms with Gasteiger partial charge >= 0.3 is 0 Å². The summed E-state index contributed by atoms with van der Waals surface area (Å²) >= 11 is 0. The topological polar surface area (TPSA) is 12.0 Å². The molecule has 4 atom stereocenters. The first-order valence-corrected chi connectivity index (χ1v) is 5.98. The van der Waals surface area contributed by atoms with Gasteiger partial charge in [-0.3, -0.25) is 0 Å². The average molecular weight is 181 g/mol. The van der Waals surface area contributed by atoms with E-state index in [9.17, 15) is 0 Å². The fourth-order valence-corrected chi connectivity index (χ4v) is 3.43. The Hall–Kier alpha value is -0.0400. The molecule has 0 aromatic carbocycles. The number of hydrogen-bond donors (Lipinski definition) is 1. The smallest absolute Gasteiger partial charge is 0.00173 e. The number of nitrogens with one attached hydrogen (secondary N) is 1. The molecule has 13 heavy (non-hydrogen) atoms. The minimum absolute atomic E-state index is 0.980. The molecule has 1 saturated heterocycles. The third-order valence-electron chi connectivity index (χ3n) is 4.20. The van der Waals surface area contributed by atoms with Crippen LogP contribution >= 0.6 is 0 Å². The SMILES string of the molecule is CC1CCC(C2CCNC2)C(C)C1. The maximum absolute atomic E-state index is 3.50. The molecule has 1 nitrogen and oxygen atoms in total. The second kappa shape index (κ2) is 4.00. The predicted octanol–water partition coefficient (Wildman–Crippen LogP) is 2.67. The lowest BCUT2D eigenvalue weighted by molar-refractivity contribution is 0.150. The Morgan fingerprint density at radius 1 is 1.08 bits per heavy atom. The van der Waals surface area contributed by atoms with Gasteiger partial charge in [0.2, 0.25) is 0 Å². The molecular formula is C12H23N. The minimum Gasteiger partial charge on any atom is -0.316 e.